The van der Waals surface area contributed by atoms with E-state index in [2.05, 4.69) is 42.5 Å². The van der Waals surface area contributed by atoms with E-state index in [-0.39, 0.29) is 0 Å². The number of rotatable bonds is 5. The van der Waals surface area contributed by atoms with Gasteiger partial charge < -0.3 is 10.6 Å². The fourth-order valence-electron chi connectivity index (χ4n) is 1.59. The highest BCUT2D eigenvalue weighted by Gasteiger charge is 2.08. The zero-order chi connectivity index (χ0) is 14.3. The van der Waals surface area contributed by atoms with E-state index in [1.165, 1.54) is 5.56 Å². The van der Waals surface area contributed by atoms with Crippen molar-refractivity contribution in [1.29, 1.82) is 0 Å². The van der Waals surface area contributed by atoms with Crippen LogP contribution in [-0.2, 0) is 6.42 Å². The summed E-state index contributed by atoms with van der Waals surface area (Å²) in [5, 5.41) is 7.48. The lowest BCUT2D eigenvalue weighted by atomic mass is 10.1. The summed E-state index contributed by atoms with van der Waals surface area (Å²) in [5.74, 6) is 1.43. The van der Waals surface area contributed by atoms with E-state index < -0.39 is 0 Å². The minimum atomic E-state index is 0.400. The second-order valence-corrected chi connectivity index (χ2v) is 5.49. The molecule has 1 atom stereocenters. The molecule has 1 rings (SSSR count). The zero-order valence-corrected chi connectivity index (χ0v) is 13.0. The Bertz CT molecular complexity index is 416. The monoisotopic (exact) mass is 281 g/mol. The number of halogens is 1. The molecule has 0 saturated carbocycles. The molecule has 0 aliphatic heterocycles. The SMILES string of the molecule is CN=C(NCCc1cccc(Cl)c1)NC(C)C(C)C. The van der Waals surface area contributed by atoms with Crippen molar-refractivity contribution in [3.8, 4) is 0 Å². The van der Waals surface area contributed by atoms with Gasteiger partial charge in [0.2, 0.25) is 0 Å². The Hall–Kier alpha value is -1.22. The predicted molar refractivity (Wildman–Crippen MR) is 84.0 cm³/mol. The van der Waals surface area contributed by atoms with Gasteiger partial charge in [-0.2, -0.15) is 0 Å². The third kappa shape index (κ3) is 5.97. The fourth-order valence-corrected chi connectivity index (χ4v) is 1.81. The normalized spacial score (nSPS) is 13.5. The van der Waals surface area contributed by atoms with Gasteiger partial charge in [0, 0.05) is 24.7 Å². The number of nitrogens with one attached hydrogen (secondary N) is 2. The van der Waals surface area contributed by atoms with Crippen LogP contribution in [0.1, 0.15) is 26.3 Å². The largest absolute Gasteiger partial charge is 0.356 e. The van der Waals surface area contributed by atoms with E-state index in [1.807, 2.05) is 18.2 Å². The predicted octanol–water partition coefficient (Wildman–Crippen LogP) is 3.09. The highest BCUT2D eigenvalue weighted by atomic mass is 35.5. The van der Waals surface area contributed by atoms with Crippen LogP contribution in [0.3, 0.4) is 0 Å². The Morgan fingerprint density at radius 1 is 1.32 bits per heavy atom. The van der Waals surface area contributed by atoms with E-state index in [0.29, 0.717) is 12.0 Å². The first kappa shape index (κ1) is 15.8. The lowest BCUT2D eigenvalue weighted by molar-refractivity contribution is 0.481. The third-order valence-electron chi connectivity index (χ3n) is 3.18. The second kappa shape index (κ2) is 8.05. The molecule has 0 radical (unpaired) electrons. The molecule has 1 aromatic carbocycles. The lowest BCUT2D eigenvalue weighted by Gasteiger charge is -2.20. The van der Waals surface area contributed by atoms with Crippen LogP contribution in [0.15, 0.2) is 29.3 Å². The molecule has 0 spiro atoms. The first-order chi connectivity index (χ1) is 9.02. The van der Waals surface area contributed by atoms with Gasteiger partial charge in [-0.15, -0.1) is 0 Å². The van der Waals surface area contributed by atoms with Crippen molar-refractivity contribution in [2.24, 2.45) is 10.9 Å². The van der Waals surface area contributed by atoms with Crippen molar-refractivity contribution in [1.82, 2.24) is 10.6 Å². The van der Waals surface area contributed by atoms with E-state index in [4.69, 9.17) is 11.6 Å². The van der Waals surface area contributed by atoms with Crippen LogP contribution >= 0.6 is 11.6 Å². The van der Waals surface area contributed by atoms with Gasteiger partial charge in [-0.25, -0.2) is 0 Å². The number of hydrogen-bond donors (Lipinski definition) is 2. The average Bonchev–Trinajstić information content (AvgIpc) is 2.37. The molecule has 1 unspecified atom stereocenters. The molecule has 0 bridgehead atoms. The second-order valence-electron chi connectivity index (χ2n) is 5.06. The summed E-state index contributed by atoms with van der Waals surface area (Å²) in [5.41, 5.74) is 1.23. The number of benzene rings is 1. The summed E-state index contributed by atoms with van der Waals surface area (Å²) in [4.78, 5) is 4.23. The Labute approximate surface area is 121 Å². The molecule has 0 aliphatic carbocycles. The van der Waals surface area contributed by atoms with Gasteiger partial charge in [0.15, 0.2) is 5.96 Å². The Balaban J connectivity index is 2.38. The van der Waals surface area contributed by atoms with E-state index in [1.54, 1.807) is 7.05 Å². The highest BCUT2D eigenvalue weighted by molar-refractivity contribution is 6.30. The van der Waals surface area contributed by atoms with Gasteiger partial charge in [0.1, 0.15) is 0 Å². The molecule has 19 heavy (non-hydrogen) atoms. The number of guanidine groups is 1. The first-order valence-corrected chi connectivity index (χ1v) is 7.12. The van der Waals surface area contributed by atoms with Crippen molar-refractivity contribution in [3.05, 3.63) is 34.9 Å². The van der Waals surface area contributed by atoms with Gasteiger partial charge in [-0.3, -0.25) is 4.99 Å². The third-order valence-corrected chi connectivity index (χ3v) is 3.42. The molecule has 1 aromatic rings. The summed E-state index contributed by atoms with van der Waals surface area (Å²) in [6.45, 7) is 7.38. The Morgan fingerprint density at radius 2 is 2.05 bits per heavy atom. The first-order valence-electron chi connectivity index (χ1n) is 6.74. The van der Waals surface area contributed by atoms with E-state index in [0.717, 1.165) is 23.9 Å². The average molecular weight is 282 g/mol. The van der Waals surface area contributed by atoms with Crippen molar-refractivity contribution in [2.45, 2.75) is 33.2 Å². The standard InChI is InChI=1S/C15H24ClN3/c1-11(2)12(3)19-15(17-4)18-9-8-13-6-5-7-14(16)10-13/h5-7,10-12H,8-9H2,1-4H3,(H2,17,18,19). The van der Waals surface area contributed by atoms with Crippen molar-refractivity contribution < 1.29 is 0 Å². The summed E-state index contributed by atoms with van der Waals surface area (Å²) >= 11 is 5.96. The van der Waals surface area contributed by atoms with Crippen LogP contribution in [0.4, 0.5) is 0 Å². The molecule has 0 fully saturated rings. The maximum atomic E-state index is 5.96. The molecule has 106 valence electrons. The van der Waals surface area contributed by atoms with E-state index in [9.17, 15) is 0 Å². The van der Waals surface area contributed by atoms with Crippen LogP contribution in [0.5, 0.6) is 0 Å². The molecular formula is C15H24ClN3. The fraction of sp³-hybridized carbons (Fsp3) is 0.533. The number of nitrogens with zero attached hydrogens (tertiary/aromatic N) is 1. The van der Waals surface area contributed by atoms with Gasteiger partial charge in [-0.05, 0) is 37.0 Å². The summed E-state index contributed by atoms with van der Waals surface area (Å²) < 4.78 is 0. The molecule has 0 heterocycles. The summed E-state index contributed by atoms with van der Waals surface area (Å²) in [6, 6.07) is 8.35. The molecule has 4 heteroatoms. The van der Waals surface area contributed by atoms with Gasteiger partial charge in [-0.1, -0.05) is 37.6 Å². The Morgan fingerprint density at radius 3 is 2.63 bits per heavy atom. The lowest BCUT2D eigenvalue weighted by Crippen LogP contribution is -2.44. The molecule has 0 aliphatic rings. The van der Waals surface area contributed by atoms with E-state index >= 15 is 0 Å². The molecule has 2 N–H and O–H groups in total. The topological polar surface area (TPSA) is 36.4 Å². The number of aliphatic imine (C=N–C) groups is 1. The van der Waals surface area contributed by atoms with Crippen molar-refractivity contribution >= 4 is 17.6 Å². The molecular weight excluding hydrogens is 258 g/mol. The maximum absolute atomic E-state index is 5.96. The van der Waals surface area contributed by atoms with Crippen molar-refractivity contribution in [3.63, 3.8) is 0 Å². The summed E-state index contributed by atoms with van der Waals surface area (Å²) in [7, 11) is 1.79. The van der Waals surface area contributed by atoms with Gasteiger partial charge >= 0.3 is 0 Å². The number of hydrogen-bond acceptors (Lipinski definition) is 1. The van der Waals surface area contributed by atoms with Crippen LogP contribution in [-0.4, -0.2) is 25.6 Å². The smallest absolute Gasteiger partial charge is 0.191 e. The Kier molecular flexibility index (Phi) is 6.71. The minimum Gasteiger partial charge on any atom is -0.356 e. The molecule has 0 saturated heterocycles. The van der Waals surface area contributed by atoms with Crippen LogP contribution in [0.2, 0.25) is 5.02 Å². The van der Waals surface area contributed by atoms with Gasteiger partial charge in [0.25, 0.3) is 0 Å². The van der Waals surface area contributed by atoms with Gasteiger partial charge in [0.05, 0.1) is 0 Å². The quantitative estimate of drug-likeness (QED) is 0.643. The molecule has 3 nitrogen and oxygen atoms in total. The van der Waals surface area contributed by atoms with Crippen LogP contribution in [0.25, 0.3) is 0 Å². The van der Waals surface area contributed by atoms with Crippen LogP contribution in [0, 0.1) is 5.92 Å². The molecule has 0 aromatic heterocycles. The van der Waals surface area contributed by atoms with Crippen LogP contribution < -0.4 is 10.6 Å². The highest BCUT2D eigenvalue weighted by Crippen LogP contribution is 2.10. The minimum absolute atomic E-state index is 0.400. The maximum Gasteiger partial charge on any atom is 0.191 e. The van der Waals surface area contributed by atoms with Crippen molar-refractivity contribution in [2.75, 3.05) is 13.6 Å². The molecule has 0 amide bonds. The zero-order valence-electron chi connectivity index (χ0n) is 12.2. The summed E-state index contributed by atoms with van der Waals surface area (Å²) in [6.07, 6.45) is 0.928.